The summed E-state index contributed by atoms with van der Waals surface area (Å²) in [6.07, 6.45) is 5.44. The Morgan fingerprint density at radius 3 is 2.89 bits per heavy atom. The van der Waals surface area contributed by atoms with Gasteiger partial charge in [-0.05, 0) is 25.5 Å². The van der Waals surface area contributed by atoms with E-state index >= 15 is 0 Å². The van der Waals surface area contributed by atoms with E-state index in [9.17, 15) is 0 Å². The molecule has 5 nitrogen and oxygen atoms in total. The molecule has 0 amide bonds. The van der Waals surface area contributed by atoms with Crippen molar-refractivity contribution in [3.8, 4) is 0 Å². The van der Waals surface area contributed by atoms with Gasteiger partial charge in [0, 0.05) is 30.9 Å². The van der Waals surface area contributed by atoms with Crippen molar-refractivity contribution in [3.63, 3.8) is 0 Å². The minimum atomic E-state index is -0.206. The Bertz CT molecular complexity index is 523. The van der Waals surface area contributed by atoms with Gasteiger partial charge >= 0.3 is 0 Å². The first-order valence-electron chi connectivity index (χ1n) is 5.83. The Morgan fingerprint density at radius 2 is 2.22 bits per heavy atom. The van der Waals surface area contributed by atoms with E-state index in [1.807, 2.05) is 10.7 Å². The number of pyridine rings is 1. The SMILES string of the molecule is CC(C)n1ncnc1CC(N)c1ccncc1Cl. The van der Waals surface area contributed by atoms with E-state index in [4.69, 9.17) is 17.3 Å². The lowest BCUT2D eigenvalue weighted by Gasteiger charge is -2.15. The maximum atomic E-state index is 6.16. The second-order valence-electron chi connectivity index (χ2n) is 4.42. The molecule has 0 saturated carbocycles. The highest BCUT2D eigenvalue weighted by atomic mass is 35.5. The van der Waals surface area contributed by atoms with Crippen LogP contribution in [0.2, 0.25) is 5.02 Å². The maximum Gasteiger partial charge on any atom is 0.138 e. The van der Waals surface area contributed by atoms with Crippen LogP contribution in [0.4, 0.5) is 0 Å². The summed E-state index contributed by atoms with van der Waals surface area (Å²) in [5.74, 6) is 0.866. The van der Waals surface area contributed by atoms with E-state index < -0.39 is 0 Å². The number of hydrogen-bond donors (Lipinski definition) is 1. The van der Waals surface area contributed by atoms with Crippen LogP contribution in [0.25, 0.3) is 0 Å². The molecule has 2 aromatic rings. The smallest absolute Gasteiger partial charge is 0.138 e. The molecular formula is C12H16ClN5. The number of aromatic nitrogens is 4. The van der Waals surface area contributed by atoms with Crippen LogP contribution in [0.5, 0.6) is 0 Å². The van der Waals surface area contributed by atoms with Crippen LogP contribution in [0.3, 0.4) is 0 Å². The van der Waals surface area contributed by atoms with Crippen molar-refractivity contribution >= 4 is 11.6 Å². The van der Waals surface area contributed by atoms with Gasteiger partial charge in [0.15, 0.2) is 0 Å². The average molecular weight is 266 g/mol. The zero-order valence-electron chi connectivity index (χ0n) is 10.4. The van der Waals surface area contributed by atoms with Crippen molar-refractivity contribution in [3.05, 3.63) is 41.2 Å². The predicted molar refractivity (Wildman–Crippen MR) is 70.3 cm³/mol. The minimum absolute atomic E-state index is 0.206. The number of nitrogens with two attached hydrogens (primary N) is 1. The van der Waals surface area contributed by atoms with Crippen LogP contribution in [0.15, 0.2) is 24.8 Å². The lowest BCUT2D eigenvalue weighted by molar-refractivity contribution is 0.493. The van der Waals surface area contributed by atoms with Crippen molar-refractivity contribution in [1.82, 2.24) is 19.7 Å². The summed E-state index contributed by atoms with van der Waals surface area (Å²) in [6, 6.07) is 1.90. The lowest BCUT2D eigenvalue weighted by atomic mass is 10.1. The topological polar surface area (TPSA) is 69.6 Å². The molecule has 0 fully saturated rings. The molecular weight excluding hydrogens is 250 g/mol. The summed E-state index contributed by atoms with van der Waals surface area (Å²) in [5, 5.41) is 4.77. The Morgan fingerprint density at radius 1 is 1.44 bits per heavy atom. The fourth-order valence-corrected chi connectivity index (χ4v) is 2.10. The van der Waals surface area contributed by atoms with E-state index in [0.29, 0.717) is 11.4 Å². The Kier molecular flexibility index (Phi) is 3.93. The van der Waals surface area contributed by atoms with E-state index in [0.717, 1.165) is 11.4 Å². The lowest BCUT2D eigenvalue weighted by Crippen LogP contribution is -2.18. The van der Waals surface area contributed by atoms with Crippen molar-refractivity contribution in [2.45, 2.75) is 32.4 Å². The Hall–Kier alpha value is -1.46. The predicted octanol–water partition coefficient (Wildman–Crippen LogP) is 2.15. The summed E-state index contributed by atoms with van der Waals surface area (Å²) in [7, 11) is 0. The highest BCUT2D eigenvalue weighted by molar-refractivity contribution is 6.31. The van der Waals surface area contributed by atoms with Crippen molar-refractivity contribution in [1.29, 1.82) is 0 Å². The molecule has 1 unspecified atom stereocenters. The molecule has 2 aromatic heterocycles. The molecule has 0 aliphatic carbocycles. The third kappa shape index (κ3) is 2.68. The number of rotatable bonds is 4. The zero-order valence-corrected chi connectivity index (χ0v) is 11.2. The van der Waals surface area contributed by atoms with Gasteiger partial charge in [-0.2, -0.15) is 5.10 Å². The highest BCUT2D eigenvalue weighted by Gasteiger charge is 2.15. The van der Waals surface area contributed by atoms with Crippen molar-refractivity contribution in [2.75, 3.05) is 0 Å². The number of halogens is 1. The summed E-state index contributed by atoms with van der Waals surface area (Å²) in [6.45, 7) is 4.12. The third-order valence-electron chi connectivity index (χ3n) is 2.74. The first kappa shape index (κ1) is 13.0. The van der Waals surface area contributed by atoms with Gasteiger partial charge in [-0.1, -0.05) is 11.6 Å². The standard InChI is InChI=1S/C12H16ClN5/c1-8(2)18-12(16-7-17-18)5-11(14)9-3-4-15-6-10(9)13/h3-4,6-8,11H,5,14H2,1-2H3. The van der Waals surface area contributed by atoms with Crippen LogP contribution in [-0.4, -0.2) is 19.7 Å². The second-order valence-corrected chi connectivity index (χ2v) is 4.83. The number of nitrogens with zero attached hydrogens (tertiary/aromatic N) is 4. The van der Waals surface area contributed by atoms with Crippen molar-refractivity contribution in [2.24, 2.45) is 5.73 Å². The largest absolute Gasteiger partial charge is 0.324 e. The van der Waals surface area contributed by atoms with Gasteiger partial charge < -0.3 is 5.73 Å². The molecule has 2 heterocycles. The van der Waals surface area contributed by atoms with Crippen LogP contribution >= 0.6 is 11.6 Å². The highest BCUT2D eigenvalue weighted by Crippen LogP contribution is 2.22. The minimum Gasteiger partial charge on any atom is -0.324 e. The fraction of sp³-hybridized carbons (Fsp3) is 0.417. The molecule has 18 heavy (non-hydrogen) atoms. The van der Waals surface area contributed by atoms with Crippen LogP contribution in [0, 0.1) is 0 Å². The van der Waals surface area contributed by atoms with Crippen LogP contribution < -0.4 is 5.73 Å². The fourth-order valence-electron chi connectivity index (χ4n) is 1.84. The van der Waals surface area contributed by atoms with E-state index in [1.54, 1.807) is 18.7 Å². The van der Waals surface area contributed by atoms with Gasteiger partial charge in [0.1, 0.15) is 12.2 Å². The second kappa shape index (κ2) is 5.46. The maximum absolute atomic E-state index is 6.16. The van der Waals surface area contributed by atoms with Crippen molar-refractivity contribution < 1.29 is 0 Å². The molecule has 96 valence electrons. The molecule has 0 aromatic carbocycles. The molecule has 0 aliphatic heterocycles. The van der Waals surface area contributed by atoms with Gasteiger partial charge in [0.05, 0.1) is 5.02 Å². The normalized spacial score (nSPS) is 12.9. The summed E-state index contributed by atoms with van der Waals surface area (Å²) >= 11 is 6.08. The summed E-state index contributed by atoms with van der Waals surface area (Å²) in [4.78, 5) is 8.20. The van der Waals surface area contributed by atoms with E-state index in [1.165, 1.54) is 0 Å². The molecule has 2 N–H and O–H groups in total. The summed E-state index contributed by atoms with van der Waals surface area (Å²) in [5.41, 5.74) is 7.04. The van der Waals surface area contributed by atoms with Gasteiger partial charge in [-0.25, -0.2) is 9.67 Å². The molecule has 0 spiro atoms. The van der Waals surface area contributed by atoms with Gasteiger partial charge in [-0.15, -0.1) is 0 Å². The van der Waals surface area contributed by atoms with Crippen LogP contribution in [0.1, 0.15) is 37.3 Å². The monoisotopic (exact) mass is 265 g/mol. The quantitative estimate of drug-likeness (QED) is 0.920. The van der Waals surface area contributed by atoms with E-state index in [-0.39, 0.29) is 12.1 Å². The molecule has 0 aliphatic rings. The summed E-state index contributed by atoms with van der Waals surface area (Å²) < 4.78 is 1.87. The third-order valence-corrected chi connectivity index (χ3v) is 3.06. The van der Waals surface area contributed by atoms with Crippen LogP contribution in [-0.2, 0) is 6.42 Å². The molecule has 0 saturated heterocycles. The van der Waals surface area contributed by atoms with Gasteiger partial charge in [-0.3, -0.25) is 4.98 Å². The first-order valence-corrected chi connectivity index (χ1v) is 6.20. The molecule has 6 heteroatoms. The first-order chi connectivity index (χ1) is 8.59. The molecule has 1 atom stereocenters. The van der Waals surface area contributed by atoms with Gasteiger partial charge in [0.25, 0.3) is 0 Å². The average Bonchev–Trinajstić information content (AvgIpc) is 2.77. The molecule has 0 bridgehead atoms. The van der Waals surface area contributed by atoms with E-state index in [2.05, 4.69) is 28.9 Å². The van der Waals surface area contributed by atoms with Gasteiger partial charge in [0.2, 0.25) is 0 Å². The molecule has 2 rings (SSSR count). The zero-order chi connectivity index (χ0) is 13.1. The Labute approximate surface area is 111 Å². The molecule has 0 radical (unpaired) electrons. The number of hydrogen-bond acceptors (Lipinski definition) is 4. The Balaban J connectivity index is 2.19.